The van der Waals surface area contributed by atoms with Crippen molar-refractivity contribution < 1.29 is 40.6 Å². The molecule has 2 aromatic rings. The van der Waals surface area contributed by atoms with Gasteiger partial charge in [-0.2, -0.15) is 13.2 Å². The lowest BCUT2D eigenvalue weighted by Crippen LogP contribution is -2.41. The van der Waals surface area contributed by atoms with Crippen LogP contribution in [0.25, 0.3) is 0 Å². The van der Waals surface area contributed by atoms with Crippen LogP contribution in [0.15, 0.2) is 30.5 Å². The molecule has 1 heterocycles. The zero-order chi connectivity index (χ0) is 26.8. The van der Waals surface area contributed by atoms with Crippen LogP contribution in [0.3, 0.4) is 0 Å². The summed E-state index contributed by atoms with van der Waals surface area (Å²) in [4.78, 5) is 15.5. The van der Waals surface area contributed by atoms with Crippen molar-refractivity contribution in [2.75, 3.05) is 32.6 Å². The average molecular weight is 554 g/mol. The Morgan fingerprint density at radius 2 is 1.94 bits per heavy atom. The molecule has 0 fully saturated rings. The first-order valence-electron chi connectivity index (χ1n) is 10.9. The summed E-state index contributed by atoms with van der Waals surface area (Å²) in [6.07, 6.45) is -2.62. The van der Waals surface area contributed by atoms with Crippen molar-refractivity contribution in [3.05, 3.63) is 46.6 Å². The van der Waals surface area contributed by atoms with E-state index in [1.807, 2.05) is 11.6 Å². The largest absolute Gasteiger partial charge is 0.491 e. The summed E-state index contributed by atoms with van der Waals surface area (Å²) < 4.78 is 81.5. The highest BCUT2D eigenvalue weighted by atomic mass is 35.5. The number of aromatic nitrogens is 1. The minimum atomic E-state index is -4.64. The van der Waals surface area contributed by atoms with Gasteiger partial charge in [0.25, 0.3) is 0 Å². The molecule has 1 aromatic heterocycles. The number of nitrogens with one attached hydrogen (secondary N) is 2. The van der Waals surface area contributed by atoms with Gasteiger partial charge in [0.15, 0.2) is 0 Å². The Morgan fingerprint density at radius 3 is 2.58 bits per heavy atom. The summed E-state index contributed by atoms with van der Waals surface area (Å²) in [5, 5.41) is 2.06. The van der Waals surface area contributed by atoms with E-state index in [1.54, 1.807) is 6.07 Å². The Bertz CT molecular complexity index is 1130. The molecule has 0 saturated heterocycles. The number of benzene rings is 1. The van der Waals surface area contributed by atoms with Crippen molar-refractivity contribution in [3.8, 4) is 17.4 Å². The molecule has 0 aliphatic carbocycles. The number of carbonyl (C=O) groups is 1. The van der Waals surface area contributed by atoms with Gasteiger partial charge in [0.1, 0.15) is 23.1 Å². The number of pyridine rings is 1. The Balaban J connectivity index is 2.22. The van der Waals surface area contributed by atoms with Gasteiger partial charge in [-0.1, -0.05) is 31.0 Å². The van der Waals surface area contributed by atoms with Gasteiger partial charge >= 0.3 is 12.2 Å². The van der Waals surface area contributed by atoms with Gasteiger partial charge in [0, 0.05) is 25.9 Å². The summed E-state index contributed by atoms with van der Waals surface area (Å²) >= 11 is 5.95. The van der Waals surface area contributed by atoms with Crippen molar-refractivity contribution in [2.24, 2.45) is 0 Å². The Kier molecular flexibility index (Phi) is 11.1. The summed E-state index contributed by atoms with van der Waals surface area (Å²) in [5.41, 5.74) is -0.685. The highest BCUT2D eigenvalue weighted by Gasteiger charge is 2.32. The van der Waals surface area contributed by atoms with Crippen LogP contribution in [-0.2, 0) is 27.4 Å². The molecule has 0 spiro atoms. The number of carbonyl (C=O) groups excluding carboxylic acids is 1. The standard InChI is InChI=1S/C22H27ClF3N3O6S/c1-3-4-8-27-21(30)29-36(31,32)11-7-15-5-6-17(34-10-9-33-2)13-19(15)35-20-18(23)12-16(14-28-20)22(24,25)26/h5-6,12-14H,3-4,7-11H2,1-2H3,(H2,27,29,30). The highest BCUT2D eigenvalue weighted by molar-refractivity contribution is 7.90. The number of halogens is 4. The molecule has 0 aliphatic heterocycles. The van der Waals surface area contributed by atoms with Gasteiger partial charge in [-0.3, -0.25) is 0 Å². The number of alkyl halides is 3. The summed E-state index contributed by atoms with van der Waals surface area (Å²) in [6.45, 7) is 2.77. The average Bonchev–Trinajstić information content (AvgIpc) is 2.79. The number of hydrogen-bond acceptors (Lipinski definition) is 7. The quantitative estimate of drug-likeness (QED) is 0.350. The molecule has 2 N–H and O–H groups in total. The molecule has 200 valence electrons. The van der Waals surface area contributed by atoms with Gasteiger partial charge in [-0.25, -0.2) is 22.9 Å². The second-order valence-electron chi connectivity index (χ2n) is 7.50. The molecule has 0 saturated carbocycles. The summed E-state index contributed by atoms with van der Waals surface area (Å²) in [6, 6.07) is 4.37. The van der Waals surface area contributed by atoms with Gasteiger partial charge in [-0.15, -0.1) is 0 Å². The van der Waals surface area contributed by atoms with Gasteiger partial charge in [0.2, 0.25) is 15.9 Å². The van der Waals surface area contributed by atoms with E-state index in [0.29, 0.717) is 43.1 Å². The minimum Gasteiger partial charge on any atom is -0.491 e. The van der Waals surface area contributed by atoms with Crippen molar-refractivity contribution in [3.63, 3.8) is 0 Å². The van der Waals surface area contributed by atoms with Crippen LogP contribution in [-0.4, -0.2) is 52.1 Å². The van der Waals surface area contributed by atoms with E-state index in [1.165, 1.54) is 19.2 Å². The van der Waals surface area contributed by atoms with E-state index >= 15 is 0 Å². The van der Waals surface area contributed by atoms with E-state index in [-0.39, 0.29) is 29.7 Å². The lowest BCUT2D eigenvalue weighted by molar-refractivity contribution is -0.137. The number of aryl methyl sites for hydroxylation is 1. The number of sulfonamides is 1. The second kappa shape index (κ2) is 13.5. The van der Waals surface area contributed by atoms with Crippen molar-refractivity contribution in [1.82, 2.24) is 15.0 Å². The monoisotopic (exact) mass is 553 g/mol. The van der Waals surface area contributed by atoms with E-state index in [2.05, 4.69) is 10.3 Å². The first-order valence-corrected chi connectivity index (χ1v) is 12.9. The molecule has 0 bridgehead atoms. The minimum absolute atomic E-state index is 0.0710. The topological polar surface area (TPSA) is 116 Å². The number of hydrogen-bond donors (Lipinski definition) is 2. The first-order chi connectivity index (χ1) is 16.9. The van der Waals surface area contributed by atoms with E-state index in [9.17, 15) is 26.4 Å². The third kappa shape index (κ3) is 9.70. The van der Waals surface area contributed by atoms with Crippen LogP contribution < -0.4 is 19.5 Å². The zero-order valence-electron chi connectivity index (χ0n) is 19.7. The van der Waals surface area contributed by atoms with Crippen LogP contribution in [0.1, 0.15) is 30.9 Å². The lowest BCUT2D eigenvalue weighted by Gasteiger charge is -2.15. The van der Waals surface area contributed by atoms with Crippen LogP contribution in [0.4, 0.5) is 18.0 Å². The summed E-state index contributed by atoms with van der Waals surface area (Å²) in [7, 11) is -2.50. The molecular weight excluding hydrogens is 527 g/mol. The summed E-state index contributed by atoms with van der Waals surface area (Å²) in [5.74, 6) is -0.370. The third-order valence-electron chi connectivity index (χ3n) is 4.64. The number of unbranched alkanes of at least 4 members (excludes halogenated alkanes) is 1. The predicted octanol–water partition coefficient (Wildman–Crippen LogP) is 4.54. The highest BCUT2D eigenvalue weighted by Crippen LogP contribution is 2.36. The maximum atomic E-state index is 12.9. The fraction of sp³-hybridized carbons (Fsp3) is 0.455. The Morgan fingerprint density at radius 1 is 1.19 bits per heavy atom. The van der Waals surface area contributed by atoms with Crippen LogP contribution in [0, 0.1) is 0 Å². The molecular formula is C22H27ClF3N3O6S. The van der Waals surface area contributed by atoms with Gasteiger partial charge in [0.05, 0.1) is 17.9 Å². The second-order valence-corrected chi connectivity index (χ2v) is 9.75. The molecule has 14 heteroatoms. The first kappa shape index (κ1) is 29.5. The zero-order valence-corrected chi connectivity index (χ0v) is 21.2. The predicted molar refractivity (Wildman–Crippen MR) is 127 cm³/mol. The molecule has 0 aliphatic rings. The van der Waals surface area contributed by atoms with E-state index < -0.39 is 33.5 Å². The van der Waals surface area contributed by atoms with E-state index in [0.717, 1.165) is 6.42 Å². The normalized spacial score (nSPS) is 11.7. The number of ether oxygens (including phenoxy) is 3. The van der Waals surface area contributed by atoms with E-state index in [4.69, 9.17) is 25.8 Å². The van der Waals surface area contributed by atoms with Crippen molar-refractivity contribution in [2.45, 2.75) is 32.4 Å². The van der Waals surface area contributed by atoms with Crippen molar-refractivity contribution in [1.29, 1.82) is 0 Å². The number of urea groups is 1. The molecule has 1 aromatic carbocycles. The molecule has 0 atom stereocenters. The number of rotatable bonds is 13. The smallest absolute Gasteiger partial charge is 0.417 e. The van der Waals surface area contributed by atoms with Crippen LogP contribution >= 0.6 is 11.6 Å². The maximum absolute atomic E-state index is 12.9. The fourth-order valence-electron chi connectivity index (χ4n) is 2.78. The van der Waals surface area contributed by atoms with Gasteiger partial charge in [-0.05, 0) is 30.5 Å². The third-order valence-corrected chi connectivity index (χ3v) is 6.15. The molecule has 2 amide bonds. The van der Waals surface area contributed by atoms with Gasteiger partial charge < -0.3 is 19.5 Å². The molecule has 0 unspecified atom stereocenters. The molecule has 0 radical (unpaired) electrons. The van der Waals surface area contributed by atoms with Crippen molar-refractivity contribution >= 4 is 27.7 Å². The maximum Gasteiger partial charge on any atom is 0.417 e. The van der Waals surface area contributed by atoms with Crippen LogP contribution in [0.5, 0.6) is 17.4 Å². The SMILES string of the molecule is CCCCNC(=O)NS(=O)(=O)CCc1ccc(OCCOC)cc1Oc1ncc(C(F)(F)F)cc1Cl. The lowest BCUT2D eigenvalue weighted by atomic mass is 10.1. The number of methoxy groups -OCH3 is 1. The Hall–Kier alpha value is -2.77. The molecule has 2 rings (SSSR count). The fourth-order valence-corrected chi connectivity index (χ4v) is 3.93. The Labute approximate surface area is 212 Å². The number of amides is 2. The van der Waals surface area contributed by atoms with Crippen LogP contribution in [0.2, 0.25) is 5.02 Å². The molecule has 9 nitrogen and oxygen atoms in total. The number of nitrogens with zero attached hydrogens (tertiary/aromatic N) is 1. The molecule has 36 heavy (non-hydrogen) atoms.